The van der Waals surface area contributed by atoms with E-state index >= 15 is 0 Å². The Morgan fingerprint density at radius 3 is 2.94 bits per heavy atom. The third-order valence-corrected chi connectivity index (χ3v) is 2.97. The zero-order valence-electron chi connectivity index (χ0n) is 9.61. The summed E-state index contributed by atoms with van der Waals surface area (Å²) in [5, 5.41) is 13.6. The predicted octanol–water partition coefficient (Wildman–Crippen LogP) is 2.58. The molecule has 0 aliphatic rings. The summed E-state index contributed by atoms with van der Waals surface area (Å²) in [6.07, 6.45) is 3.03. The molecule has 1 aromatic carbocycles. The number of rotatable bonds is 7. The maximum absolute atomic E-state index is 13.6. The van der Waals surface area contributed by atoms with Gasteiger partial charge in [0.15, 0.2) is 0 Å². The van der Waals surface area contributed by atoms with Gasteiger partial charge < -0.3 is 5.32 Å². The van der Waals surface area contributed by atoms with Crippen LogP contribution in [-0.2, 0) is 6.54 Å². The molecule has 1 N–H and O–H groups in total. The van der Waals surface area contributed by atoms with Crippen LogP contribution in [0, 0.1) is 15.9 Å². The fourth-order valence-electron chi connectivity index (χ4n) is 1.41. The van der Waals surface area contributed by atoms with Crippen LogP contribution >= 0.6 is 11.8 Å². The van der Waals surface area contributed by atoms with Crippen molar-refractivity contribution in [1.82, 2.24) is 5.32 Å². The third-order valence-electron chi connectivity index (χ3n) is 2.27. The number of benzene rings is 1. The lowest BCUT2D eigenvalue weighted by molar-refractivity contribution is -0.387. The van der Waals surface area contributed by atoms with Crippen LogP contribution < -0.4 is 5.32 Å². The summed E-state index contributed by atoms with van der Waals surface area (Å²) in [5.74, 6) is 0.305. The molecule has 0 atom stereocenters. The van der Waals surface area contributed by atoms with Crippen LogP contribution in [0.4, 0.5) is 10.1 Å². The van der Waals surface area contributed by atoms with Crippen LogP contribution in [-0.4, -0.2) is 23.5 Å². The summed E-state index contributed by atoms with van der Waals surface area (Å²) in [5.41, 5.74) is -0.128. The van der Waals surface area contributed by atoms with Crippen molar-refractivity contribution in [3.63, 3.8) is 0 Å². The number of hydrogen-bond acceptors (Lipinski definition) is 4. The van der Waals surface area contributed by atoms with Gasteiger partial charge in [-0.15, -0.1) is 0 Å². The van der Waals surface area contributed by atoms with Gasteiger partial charge in [-0.2, -0.15) is 16.2 Å². The Morgan fingerprint density at radius 2 is 2.29 bits per heavy atom. The van der Waals surface area contributed by atoms with E-state index in [0.717, 1.165) is 18.7 Å². The van der Waals surface area contributed by atoms with Gasteiger partial charge >= 0.3 is 5.69 Å². The van der Waals surface area contributed by atoms with Gasteiger partial charge in [-0.3, -0.25) is 10.1 Å². The normalized spacial score (nSPS) is 10.5. The van der Waals surface area contributed by atoms with E-state index in [4.69, 9.17) is 0 Å². The molecule has 0 heterocycles. The molecule has 0 aliphatic heterocycles. The van der Waals surface area contributed by atoms with Crippen LogP contribution in [0.5, 0.6) is 0 Å². The maximum Gasteiger partial charge on any atom is 0.305 e. The Balaban J connectivity index is 2.54. The summed E-state index contributed by atoms with van der Waals surface area (Å²) in [6, 6.07) is 4.23. The van der Waals surface area contributed by atoms with Crippen molar-refractivity contribution < 1.29 is 9.31 Å². The molecular formula is C11H15FN2O2S. The molecule has 0 saturated heterocycles. The summed E-state index contributed by atoms with van der Waals surface area (Å²) < 4.78 is 13.6. The van der Waals surface area contributed by atoms with E-state index < -0.39 is 16.4 Å². The molecule has 0 aromatic heterocycles. The number of halogens is 1. The molecule has 0 saturated carbocycles. The van der Waals surface area contributed by atoms with Gasteiger partial charge in [0.2, 0.25) is 5.82 Å². The van der Waals surface area contributed by atoms with Crippen molar-refractivity contribution in [3.8, 4) is 0 Å². The number of nitrogens with one attached hydrogen (secondary N) is 1. The largest absolute Gasteiger partial charge is 0.313 e. The first kappa shape index (κ1) is 13.9. The highest BCUT2D eigenvalue weighted by Gasteiger charge is 2.16. The van der Waals surface area contributed by atoms with Crippen LogP contribution in [0.25, 0.3) is 0 Å². The fourth-order valence-corrected chi connectivity index (χ4v) is 1.84. The van der Waals surface area contributed by atoms with Crippen molar-refractivity contribution >= 4 is 17.4 Å². The molecule has 1 rings (SSSR count). The lowest BCUT2D eigenvalue weighted by Gasteiger charge is -2.05. The van der Waals surface area contributed by atoms with E-state index in [2.05, 4.69) is 5.32 Å². The van der Waals surface area contributed by atoms with E-state index in [1.54, 1.807) is 17.8 Å². The van der Waals surface area contributed by atoms with Gasteiger partial charge in [0.25, 0.3) is 0 Å². The molecule has 6 heteroatoms. The zero-order valence-corrected chi connectivity index (χ0v) is 10.4. The van der Waals surface area contributed by atoms with Gasteiger partial charge in [-0.25, -0.2) is 0 Å². The Kier molecular flexibility index (Phi) is 5.93. The molecule has 0 amide bonds. The highest BCUT2D eigenvalue weighted by atomic mass is 32.2. The van der Waals surface area contributed by atoms with Crippen molar-refractivity contribution in [1.29, 1.82) is 0 Å². The Bertz CT molecular complexity index is 388. The average Bonchev–Trinajstić information content (AvgIpc) is 2.30. The third kappa shape index (κ3) is 4.32. The van der Waals surface area contributed by atoms with Crippen LogP contribution in [0.15, 0.2) is 18.2 Å². The highest BCUT2D eigenvalue weighted by Crippen LogP contribution is 2.19. The molecule has 0 radical (unpaired) electrons. The molecule has 4 nitrogen and oxygen atoms in total. The smallest absolute Gasteiger partial charge is 0.305 e. The number of nitro benzene ring substituents is 1. The van der Waals surface area contributed by atoms with Crippen molar-refractivity contribution in [3.05, 3.63) is 39.7 Å². The Morgan fingerprint density at radius 1 is 1.53 bits per heavy atom. The molecule has 0 fully saturated rings. The second-order valence-electron chi connectivity index (χ2n) is 3.53. The molecule has 0 spiro atoms. The van der Waals surface area contributed by atoms with Gasteiger partial charge in [0.05, 0.1) is 4.92 Å². The van der Waals surface area contributed by atoms with E-state index in [-0.39, 0.29) is 0 Å². The summed E-state index contributed by atoms with van der Waals surface area (Å²) >= 11 is 1.75. The number of thioether (sulfide) groups is 1. The first-order chi connectivity index (χ1) is 8.16. The number of nitrogens with zero attached hydrogens (tertiary/aromatic N) is 1. The van der Waals surface area contributed by atoms with Gasteiger partial charge in [0.1, 0.15) is 0 Å². The minimum Gasteiger partial charge on any atom is -0.313 e. The molecule has 17 heavy (non-hydrogen) atoms. The molecule has 0 bridgehead atoms. The molecule has 0 unspecified atom stereocenters. The SMILES string of the molecule is CSCCCNCc1cccc([N+](=O)[O-])c1F. The molecular weight excluding hydrogens is 243 g/mol. The van der Waals surface area contributed by atoms with E-state index in [1.807, 2.05) is 6.26 Å². The maximum atomic E-state index is 13.6. The van der Waals surface area contributed by atoms with Crippen LogP contribution in [0.2, 0.25) is 0 Å². The highest BCUT2D eigenvalue weighted by molar-refractivity contribution is 7.98. The summed E-state index contributed by atoms with van der Waals surface area (Å²) in [6.45, 7) is 1.10. The lowest BCUT2D eigenvalue weighted by atomic mass is 10.2. The summed E-state index contributed by atoms with van der Waals surface area (Å²) in [4.78, 5) is 9.83. The lowest BCUT2D eigenvalue weighted by Crippen LogP contribution is -2.16. The predicted molar refractivity (Wildman–Crippen MR) is 67.8 cm³/mol. The van der Waals surface area contributed by atoms with Crippen molar-refractivity contribution in [2.24, 2.45) is 0 Å². The van der Waals surface area contributed by atoms with Gasteiger partial charge in [0, 0.05) is 18.2 Å². The number of hydrogen-bond donors (Lipinski definition) is 1. The quantitative estimate of drug-likeness (QED) is 0.464. The topological polar surface area (TPSA) is 55.2 Å². The Hall–Kier alpha value is -1.14. The number of nitro groups is 1. The van der Waals surface area contributed by atoms with Crippen molar-refractivity contribution in [2.45, 2.75) is 13.0 Å². The standard InChI is InChI=1S/C11H15FN2O2S/c1-17-7-3-6-13-8-9-4-2-5-10(11(9)12)14(15)16/h2,4-5,13H,3,6-8H2,1H3. The zero-order chi connectivity index (χ0) is 12.7. The summed E-state index contributed by atoms with van der Waals surface area (Å²) in [7, 11) is 0. The van der Waals surface area contributed by atoms with Gasteiger partial charge in [-0.1, -0.05) is 12.1 Å². The minimum absolute atomic E-state index is 0.321. The second kappa shape index (κ2) is 7.24. The Labute approximate surface area is 104 Å². The first-order valence-electron chi connectivity index (χ1n) is 5.28. The van der Waals surface area contributed by atoms with Crippen LogP contribution in [0.1, 0.15) is 12.0 Å². The van der Waals surface area contributed by atoms with Crippen molar-refractivity contribution in [2.75, 3.05) is 18.6 Å². The second-order valence-corrected chi connectivity index (χ2v) is 4.52. The van der Waals surface area contributed by atoms with E-state index in [0.29, 0.717) is 12.1 Å². The monoisotopic (exact) mass is 258 g/mol. The minimum atomic E-state index is -0.741. The van der Waals surface area contributed by atoms with Crippen LogP contribution in [0.3, 0.4) is 0 Å². The average molecular weight is 258 g/mol. The molecule has 1 aromatic rings. The van der Waals surface area contributed by atoms with E-state index in [1.165, 1.54) is 12.1 Å². The van der Waals surface area contributed by atoms with Gasteiger partial charge in [-0.05, 0) is 25.0 Å². The fraction of sp³-hybridized carbons (Fsp3) is 0.455. The molecule has 94 valence electrons. The first-order valence-corrected chi connectivity index (χ1v) is 6.67. The molecule has 0 aliphatic carbocycles. The van der Waals surface area contributed by atoms with E-state index in [9.17, 15) is 14.5 Å².